The monoisotopic (exact) mass is 1020 g/mol. The number of ether oxygens (including phenoxy) is 2. The first-order valence-corrected chi connectivity index (χ1v) is 23.6. The first-order chi connectivity index (χ1) is 32.4. The Morgan fingerprint density at radius 1 is 0.382 bits per heavy atom. The van der Waals surface area contributed by atoms with Gasteiger partial charge in [0.15, 0.2) is 0 Å². The summed E-state index contributed by atoms with van der Waals surface area (Å²) in [5, 5.41) is 0. The summed E-state index contributed by atoms with van der Waals surface area (Å²) in [4.78, 5) is 4.75. The van der Waals surface area contributed by atoms with Crippen molar-refractivity contribution < 1.29 is 62.7 Å². The highest BCUT2D eigenvalue weighted by atomic mass is 31.1. The molecule has 0 saturated heterocycles. The Hall–Kier alpha value is -3.78. The number of rotatable bonds is 14. The van der Waals surface area contributed by atoms with Crippen LogP contribution in [0, 0.1) is 0 Å². The summed E-state index contributed by atoms with van der Waals surface area (Å²) < 4.78 is 111. The van der Waals surface area contributed by atoms with E-state index in [1.165, 1.54) is 65.0 Å². The lowest BCUT2D eigenvalue weighted by Gasteiger charge is -2.13. The zero-order valence-corrected chi connectivity index (χ0v) is 45.0. The molecular formula is C50H84F8N2O6P2. The minimum absolute atomic E-state index is 0.0923. The van der Waals surface area contributed by atoms with Gasteiger partial charge in [-0.05, 0) is 87.8 Å². The highest BCUT2D eigenvalue weighted by Crippen LogP contribution is 2.20. The second-order valence-corrected chi connectivity index (χ2v) is 14.2. The highest BCUT2D eigenvalue weighted by Gasteiger charge is 2.16. The number of hydrogen-bond donors (Lipinski definition) is 0. The van der Waals surface area contributed by atoms with Gasteiger partial charge in [-0.15, -0.1) is 0 Å². The van der Waals surface area contributed by atoms with Gasteiger partial charge in [0.05, 0.1) is 28.6 Å². The number of alkyl halides is 8. The third kappa shape index (κ3) is 73.8. The molecule has 1 aliphatic carbocycles. The fraction of sp³-hybridized carbons (Fsp3) is 0.520. The van der Waals surface area contributed by atoms with E-state index in [2.05, 4.69) is 51.3 Å². The van der Waals surface area contributed by atoms with Crippen LogP contribution in [-0.4, -0.2) is 104 Å². The second-order valence-electron chi connectivity index (χ2n) is 12.7. The summed E-state index contributed by atoms with van der Waals surface area (Å²) in [6.45, 7) is 20.6. The molecule has 68 heavy (non-hydrogen) atoms. The standard InChI is InChI=1S/2C7H9O2P.2C7H8O.2C6H15N.C4H8.2C2H3F3.2CH3F/c2*1-8-10-9-7-5-3-2-4-6-7;2*1-8-7-5-3-2-4-6-7;2*1-4-7(5-2)6-3;1-2-4-3-1;2*1-2(3,4)5;2*1-2/h2*2-6,10H,1H3;2*2-6H,1H3;2*4-6H2,1-3H3;1-4H2;2*1H3;2*1H3. The van der Waals surface area contributed by atoms with E-state index in [1.807, 2.05) is 121 Å². The van der Waals surface area contributed by atoms with Crippen molar-refractivity contribution in [2.75, 3.05) is 82.1 Å². The summed E-state index contributed by atoms with van der Waals surface area (Å²) in [5.74, 6) is 3.52. The molecule has 0 bridgehead atoms. The van der Waals surface area contributed by atoms with Gasteiger partial charge < -0.3 is 37.4 Å². The maximum atomic E-state index is 10.4. The van der Waals surface area contributed by atoms with E-state index in [0.717, 1.165) is 23.0 Å². The number of methoxy groups -OCH3 is 2. The smallest absolute Gasteiger partial charge is 0.386 e. The Balaban J connectivity index is -0.000000159. The predicted octanol–water partition coefficient (Wildman–Crippen LogP) is 16.4. The van der Waals surface area contributed by atoms with Crippen LogP contribution in [0.4, 0.5) is 35.1 Å². The number of para-hydroxylation sites is 4. The molecule has 8 nitrogen and oxygen atoms in total. The molecule has 4 aromatic rings. The molecule has 0 amide bonds. The summed E-state index contributed by atoms with van der Waals surface area (Å²) in [7, 11) is 7.73. The Morgan fingerprint density at radius 2 is 0.559 bits per heavy atom. The van der Waals surface area contributed by atoms with E-state index in [0.29, 0.717) is 14.4 Å². The first kappa shape index (κ1) is 75.7. The van der Waals surface area contributed by atoms with Crippen LogP contribution in [0.5, 0.6) is 23.0 Å². The van der Waals surface area contributed by atoms with Gasteiger partial charge in [-0.1, -0.05) is 140 Å². The van der Waals surface area contributed by atoms with Crippen LogP contribution in [-0.2, 0) is 9.05 Å². The van der Waals surface area contributed by atoms with Gasteiger partial charge in [0.25, 0.3) is 0 Å². The second kappa shape index (κ2) is 59.3. The highest BCUT2D eigenvalue weighted by molar-refractivity contribution is 7.26. The third-order valence-electron chi connectivity index (χ3n) is 7.61. The molecule has 1 fully saturated rings. The Labute approximate surface area is 409 Å². The van der Waals surface area contributed by atoms with Crippen LogP contribution in [0.15, 0.2) is 121 Å². The lowest BCUT2D eigenvalue weighted by atomic mass is 10.0. The molecule has 396 valence electrons. The maximum Gasteiger partial charge on any atom is 0.386 e. The van der Waals surface area contributed by atoms with E-state index >= 15 is 0 Å². The largest absolute Gasteiger partial charge is 0.497 e. The molecule has 5 rings (SSSR count). The van der Waals surface area contributed by atoms with Crippen molar-refractivity contribution in [2.24, 2.45) is 0 Å². The molecular weight excluding hydrogens is 938 g/mol. The molecule has 0 spiro atoms. The number of benzene rings is 4. The Morgan fingerprint density at radius 3 is 0.662 bits per heavy atom. The van der Waals surface area contributed by atoms with Crippen LogP contribution < -0.4 is 18.5 Å². The van der Waals surface area contributed by atoms with Crippen LogP contribution in [0.3, 0.4) is 0 Å². The average Bonchev–Trinajstić information content (AvgIpc) is 3.33. The zero-order chi connectivity index (χ0) is 53.3. The first-order valence-electron chi connectivity index (χ1n) is 21.9. The zero-order valence-electron chi connectivity index (χ0n) is 43.0. The van der Waals surface area contributed by atoms with Crippen molar-refractivity contribution in [3.05, 3.63) is 121 Å². The molecule has 0 aromatic heterocycles. The molecule has 0 radical (unpaired) electrons. The fourth-order valence-corrected chi connectivity index (χ4v) is 4.49. The summed E-state index contributed by atoms with van der Waals surface area (Å²) >= 11 is 0. The van der Waals surface area contributed by atoms with E-state index < -0.39 is 12.4 Å². The lowest BCUT2D eigenvalue weighted by molar-refractivity contribution is -0.111. The SMILES string of the molecule is C1CCC1.CC(F)(F)F.CC(F)(F)F.CCN(CC)CC.CCN(CC)CC.CF.CF.COPOc1ccccc1.COPOc1ccccc1.COc1ccccc1.COc1ccccc1. The number of halogens is 8. The van der Waals surface area contributed by atoms with Gasteiger partial charge in [0.1, 0.15) is 23.0 Å². The molecule has 1 saturated carbocycles. The minimum atomic E-state index is -4.00. The predicted molar refractivity (Wildman–Crippen MR) is 274 cm³/mol. The van der Waals surface area contributed by atoms with Gasteiger partial charge in [-0.2, -0.15) is 26.3 Å². The number of hydrogen-bond acceptors (Lipinski definition) is 8. The maximum absolute atomic E-state index is 10.4. The van der Waals surface area contributed by atoms with Crippen molar-refractivity contribution in [3.8, 4) is 23.0 Å². The minimum Gasteiger partial charge on any atom is -0.497 e. The Bertz CT molecular complexity index is 1320. The van der Waals surface area contributed by atoms with E-state index in [9.17, 15) is 35.1 Å². The summed E-state index contributed by atoms with van der Waals surface area (Å²) in [6.07, 6.45) is -2.00. The van der Waals surface area contributed by atoms with Crippen molar-refractivity contribution in [2.45, 2.75) is 93.4 Å². The Kier molecular flexibility index (Phi) is 66.1. The quantitative estimate of drug-likeness (QED) is 0.0915. The lowest BCUT2D eigenvalue weighted by Crippen LogP contribution is -2.21. The molecule has 0 aliphatic heterocycles. The summed E-state index contributed by atoms with van der Waals surface area (Å²) in [6, 6.07) is 38.5. The van der Waals surface area contributed by atoms with Gasteiger partial charge in [-0.3, -0.25) is 8.78 Å². The van der Waals surface area contributed by atoms with Crippen molar-refractivity contribution in [1.82, 2.24) is 9.80 Å². The van der Waals surface area contributed by atoms with Gasteiger partial charge in [0.2, 0.25) is 18.1 Å². The molecule has 1 aliphatic rings. The normalized spacial score (nSPS) is 10.6. The fourth-order valence-electron chi connectivity index (χ4n) is 3.86. The van der Waals surface area contributed by atoms with E-state index in [4.69, 9.17) is 27.6 Å². The van der Waals surface area contributed by atoms with Gasteiger partial charge >= 0.3 is 12.4 Å². The molecule has 2 unspecified atom stereocenters. The summed E-state index contributed by atoms with van der Waals surface area (Å²) in [5.41, 5.74) is 0. The van der Waals surface area contributed by atoms with Crippen LogP contribution >= 0.6 is 18.1 Å². The number of nitrogens with zero attached hydrogens (tertiary/aromatic N) is 2. The molecule has 18 heteroatoms. The average molecular weight is 1020 g/mol. The van der Waals surface area contributed by atoms with Gasteiger partial charge in [0, 0.05) is 28.1 Å². The van der Waals surface area contributed by atoms with E-state index in [1.54, 1.807) is 28.4 Å². The van der Waals surface area contributed by atoms with Crippen LogP contribution in [0.25, 0.3) is 0 Å². The topological polar surface area (TPSA) is 61.9 Å². The molecule has 0 heterocycles. The van der Waals surface area contributed by atoms with Crippen molar-refractivity contribution in [3.63, 3.8) is 0 Å². The van der Waals surface area contributed by atoms with Gasteiger partial charge in [-0.25, -0.2) is 0 Å². The molecule has 4 aromatic carbocycles. The van der Waals surface area contributed by atoms with Crippen LogP contribution in [0.2, 0.25) is 0 Å². The molecule has 2 atom stereocenters. The third-order valence-corrected chi connectivity index (χ3v) is 8.58. The van der Waals surface area contributed by atoms with Crippen molar-refractivity contribution in [1.29, 1.82) is 0 Å². The molecule has 0 N–H and O–H groups in total. The van der Waals surface area contributed by atoms with Crippen LogP contribution in [0.1, 0.15) is 81.1 Å². The van der Waals surface area contributed by atoms with E-state index in [-0.39, 0.29) is 31.9 Å². The van der Waals surface area contributed by atoms with Crippen molar-refractivity contribution >= 4 is 18.1 Å².